The molecule has 0 aliphatic rings. The van der Waals surface area contributed by atoms with E-state index >= 15 is 0 Å². The molecule has 130 valence electrons. The number of pyridine rings is 1. The van der Waals surface area contributed by atoms with Gasteiger partial charge in [0, 0.05) is 30.6 Å². The van der Waals surface area contributed by atoms with Gasteiger partial charge in [-0.05, 0) is 24.2 Å². The SMILES string of the molecule is CCNCc1cc2ccccc2nc1N(CCO)Cc1ccccc1. The number of aromatic nitrogens is 1. The Bertz CT molecular complexity index is 805. The van der Waals surface area contributed by atoms with Crippen LogP contribution in [-0.2, 0) is 13.1 Å². The first-order valence-electron chi connectivity index (χ1n) is 8.81. The van der Waals surface area contributed by atoms with Crippen LogP contribution < -0.4 is 10.2 Å². The third-order valence-corrected chi connectivity index (χ3v) is 4.23. The maximum Gasteiger partial charge on any atom is 0.134 e. The number of rotatable bonds is 8. The molecule has 0 spiro atoms. The maximum atomic E-state index is 9.57. The van der Waals surface area contributed by atoms with Gasteiger partial charge in [-0.1, -0.05) is 55.5 Å². The first-order valence-corrected chi connectivity index (χ1v) is 8.81. The van der Waals surface area contributed by atoms with Gasteiger partial charge in [0.2, 0.25) is 0 Å². The van der Waals surface area contributed by atoms with Crippen LogP contribution >= 0.6 is 0 Å². The van der Waals surface area contributed by atoms with E-state index in [2.05, 4.69) is 41.4 Å². The van der Waals surface area contributed by atoms with E-state index in [4.69, 9.17) is 4.98 Å². The number of para-hydroxylation sites is 1. The van der Waals surface area contributed by atoms with Crippen LogP contribution in [0.25, 0.3) is 10.9 Å². The van der Waals surface area contributed by atoms with Crippen molar-refractivity contribution in [2.45, 2.75) is 20.0 Å². The van der Waals surface area contributed by atoms with Gasteiger partial charge < -0.3 is 15.3 Å². The number of aliphatic hydroxyl groups excluding tert-OH is 1. The van der Waals surface area contributed by atoms with Gasteiger partial charge >= 0.3 is 0 Å². The monoisotopic (exact) mass is 335 g/mol. The van der Waals surface area contributed by atoms with E-state index in [0.717, 1.165) is 41.9 Å². The average Bonchev–Trinajstić information content (AvgIpc) is 2.66. The molecule has 2 aromatic carbocycles. The summed E-state index contributed by atoms with van der Waals surface area (Å²) in [5.41, 5.74) is 3.35. The highest BCUT2D eigenvalue weighted by molar-refractivity contribution is 5.81. The zero-order valence-electron chi connectivity index (χ0n) is 14.7. The number of anilines is 1. The third kappa shape index (κ3) is 4.35. The Labute approximate surface area is 149 Å². The molecule has 0 radical (unpaired) electrons. The van der Waals surface area contributed by atoms with Crippen molar-refractivity contribution in [3.05, 3.63) is 71.8 Å². The second kappa shape index (κ2) is 8.60. The molecule has 0 bridgehead atoms. The van der Waals surface area contributed by atoms with Crippen molar-refractivity contribution < 1.29 is 5.11 Å². The van der Waals surface area contributed by atoms with Gasteiger partial charge in [0.1, 0.15) is 5.82 Å². The predicted octanol–water partition coefficient (Wildman–Crippen LogP) is 3.34. The van der Waals surface area contributed by atoms with Gasteiger partial charge in [-0.2, -0.15) is 0 Å². The normalized spacial score (nSPS) is 11.0. The van der Waals surface area contributed by atoms with Gasteiger partial charge in [-0.15, -0.1) is 0 Å². The van der Waals surface area contributed by atoms with Gasteiger partial charge in [0.15, 0.2) is 0 Å². The lowest BCUT2D eigenvalue weighted by molar-refractivity contribution is 0.301. The van der Waals surface area contributed by atoms with Crippen molar-refractivity contribution in [1.82, 2.24) is 10.3 Å². The van der Waals surface area contributed by atoms with Crippen LogP contribution in [0.4, 0.5) is 5.82 Å². The van der Waals surface area contributed by atoms with Crippen molar-refractivity contribution >= 4 is 16.7 Å². The van der Waals surface area contributed by atoms with Gasteiger partial charge in [-0.25, -0.2) is 4.98 Å². The molecule has 4 nitrogen and oxygen atoms in total. The summed E-state index contributed by atoms with van der Waals surface area (Å²) in [6, 6.07) is 20.7. The summed E-state index contributed by atoms with van der Waals surface area (Å²) in [6.07, 6.45) is 0. The zero-order chi connectivity index (χ0) is 17.5. The fourth-order valence-electron chi connectivity index (χ4n) is 3.00. The minimum atomic E-state index is 0.0992. The highest BCUT2D eigenvalue weighted by Crippen LogP contribution is 2.25. The molecule has 4 heteroatoms. The molecule has 3 rings (SSSR count). The summed E-state index contributed by atoms with van der Waals surface area (Å²) >= 11 is 0. The first kappa shape index (κ1) is 17.4. The highest BCUT2D eigenvalue weighted by Gasteiger charge is 2.14. The summed E-state index contributed by atoms with van der Waals surface area (Å²) in [5, 5.41) is 14.1. The van der Waals surface area contributed by atoms with E-state index in [-0.39, 0.29) is 6.61 Å². The molecule has 1 aromatic heterocycles. The summed E-state index contributed by atoms with van der Waals surface area (Å²) in [5.74, 6) is 0.942. The molecule has 0 saturated carbocycles. The maximum absolute atomic E-state index is 9.57. The topological polar surface area (TPSA) is 48.4 Å². The van der Waals surface area contributed by atoms with E-state index < -0.39 is 0 Å². The lowest BCUT2D eigenvalue weighted by atomic mass is 10.1. The van der Waals surface area contributed by atoms with Gasteiger partial charge in [0.05, 0.1) is 12.1 Å². The molecule has 0 amide bonds. The second-order valence-corrected chi connectivity index (χ2v) is 6.07. The lowest BCUT2D eigenvalue weighted by Crippen LogP contribution is -2.29. The van der Waals surface area contributed by atoms with Crippen LogP contribution in [0.2, 0.25) is 0 Å². The number of nitrogens with one attached hydrogen (secondary N) is 1. The molecule has 25 heavy (non-hydrogen) atoms. The molecular weight excluding hydrogens is 310 g/mol. The van der Waals surface area contributed by atoms with Gasteiger partial charge in [-0.3, -0.25) is 0 Å². The van der Waals surface area contributed by atoms with Gasteiger partial charge in [0.25, 0.3) is 0 Å². The smallest absolute Gasteiger partial charge is 0.134 e. The van der Waals surface area contributed by atoms with Crippen LogP contribution in [0.1, 0.15) is 18.1 Å². The summed E-state index contributed by atoms with van der Waals surface area (Å²) < 4.78 is 0. The Balaban J connectivity index is 2.01. The number of fused-ring (bicyclic) bond motifs is 1. The Morgan fingerprint density at radius 2 is 1.80 bits per heavy atom. The van der Waals surface area contributed by atoms with Crippen LogP contribution in [0.15, 0.2) is 60.7 Å². The third-order valence-electron chi connectivity index (χ3n) is 4.23. The second-order valence-electron chi connectivity index (χ2n) is 6.07. The molecule has 0 atom stereocenters. The van der Waals surface area contributed by atoms with Crippen LogP contribution in [0.3, 0.4) is 0 Å². The number of hydrogen-bond donors (Lipinski definition) is 2. The van der Waals surface area contributed by atoms with E-state index in [1.165, 1.54) is 5.56 Å². The van der Waals surface area contributed by atoms with Crippen LogP contribution in [0.5, 0.6) is 0 Å². The predicted molar refractivity (Wildman–Crippen MR) is 104 cm³/mol. The van der Waals surface area contributed by atoms with E-state index in [1.807, 2.05) is 36.4 Å². The van der Waals surface area contributed by atoms with Crippen LogP contribution in [0, 0.1) is 0 Å². The zero-order valence-corrected chi connectivity index (χ0v) is 14.7. The summed E-state index contributed by atoms with van der Waals surface area (Å²) in [6.45, 7) is 5.15. The minimum absolute atomic E-state index is 0.0992. The Kier molecular flexibility index (Phi) is 5.99. The number of benzene rings is 2. The standard InChI is InChI=1S/C21H25N3O/c1-2-22-15-19-14-18-10-6-7-11-20(18)23-21(19)24(12-13-25)16-17-8-4-3-5-9-17/h3-11,14,22,25H,2,12-13,15-16H2,1H3. The highest BCUT2D eigenvalue weighted by atomic mass is 16.3. The quantitative estimate of drug-likeness (QED) is 0.663. The van der Waals surface area contributed by atoms with Crippen molar-refractivity contribution in [2.75, 3.05) is 24.6 Å². The first-order chi connectivity index (χ1) is 12.3. The molecule has 0 unspecified atom stereocenters. The molecule has 0 fully saturated rings. The molecule has 1 heterocycles. The molecule has 3 aromatic rings. The van der Waals surface area contributed by atoms with E-state index in [0.29, 0.717) is 6.54 Å². The minimum Gasteiger partial charge on any atom is -0.395 e. The number of nitrogens with zero attached hydrogens (tertiary/aromatic N) is 2. The Morgan fingerprint density at radius 1 is 1.04 bits per heavy atom. The Hall–Kier alpha value is -2.43. The lowest BCUT2D eigenvalue weighted by Gasteiger charge is -2.26. The van der Waals surface area contributed by atoms with Crippen molar-refractivity contribution in [3.8, 4) is 0 Å². The van der Waals surface area contributed by atoms with Crippen molar-refractivity contribution in [1.29, 1.82) is 0 Å². The van der Waals surface area contributed by atoms with Crippen molar-refractivity contribution in [2.24, 2.45) is 0 Å². The molecule has 2 N–H and O–H groups in total. The average molecular weight is 335 g/mol. The fraction of sp³-hybridized carbons (Fsp3) is 0.286. The van der Waals surface area contributed by atoms with Crippen LogP contribution in [-0.4, -0.2) is 29.8 Å². The molecule has 0 aliphatic heterocycles. The molecular formula is C21H25N3O. The number of aliphatic hydroxyl groups is 1. The van der Waals surface area contributed by atoms with Crippen molar-refractivity contribution in [3.63, 3.8) is 0 Å². The largest absolute Gasteiger partial charge is 0.395 e. The summed E-state index contributed by atoms with van der Waals surface area (Å²) in [4.78, 5) is 7.08. The molecule has 0 aliphatic carbocycles. The summed E-state index contributed by atoms with van der Waals surface area (Å²) in [7, 11) is 0. The van der Waals surface area contributed by atoms with E-state index in [1.54, 1.807) is 0 Å². The fourth-order valence-corrected chi connectivity index (χ4v) is 3.00. The number of hydrogen-bond acceptors (Lipinski definition) is 4. The van der Waals surface area contributed by atoms with E-state index in [9.17, 15) is 5.11 Å². The molecule has 0 saturated heterocycles. The Morgan fingerprint density at radius 3 is 2.56 bits per heavy atom.